The van der Waals surface area contributed by atoms with Crippen LogP contribution in [0.1, 0.15) is 36.9 Å². The molecule has 4 rings (SSSR count). The minimum absolute atomic E-state index is 0.109. The van der Waals surface area contributed by atoms with Crippen molar-refractivity contribution in [1.82, 2.24) is 9.88 Å². The highest BCUT2D eigenvalue weighted by Crippen LogP contribution is 2.37. The van der Waals surface area contributed by atoms with Crippen LogP contribution in [0.15, 0.2) is 54.6 Å². The van der Waals surface area contributed by atoms with Crippen LogP contribution in [-0.4, -0.2) is 29.1 Å². The lowest BCUT2D eigenvalue weighted by molar-refractivity contribution is -0.136. The van der Waals surface area contributed by atoms with Gasteiger partial charge in [-0.3, -0.25) is 4.90 Å². The van der Waals surface area contributed by atoms with Crippen LogP contribution in [0, 0.1) is 5.95 Å². The number of hydrogen-bond donors (Lipinski definition) is 0. The molecule has 1 aliphatic heterocycles. The van der Waals surface area contributed by atoms with Crippen molar-refractivity contribution in [3.05, 3.63) is 71.7 Å². The zero-order valence-corrected chi connectivity index (χ0v) is 16.5. The maximum absolute atomic E-state index is 14.0. The van der Waals surface area contributed by atoms with E-state index in [1.165, 1.54) is 17.7 Å². The first-order valence-corrected chi connectivity index (χ1v) is 9.95. The second-order valence-corrected chi connectivity index (χ2v) is 7.58. The zero-order chi connectivity index (χ0) is 21.3. The lowest BCUT2D eigenvalue weighted by Crippen LogP contribution is -2.39. The second kappa shape index (κ2) is 8.22. The molecule has 7 heteroatoms. The minimum Gasteiger partial charge on any atom is -0.489 e. The Morgan fingerprint density at radius 1 is 1.03 bits per heavy atom. The zero-order valence-electron chi connectivity index (χ0n) is 16.5. The highest BCUT2D eigenvalue weighted by molar-refractivity contribution is 5.87. The predicted octanol–water partition coefficient (Wildman–Crippen LogP) is 6.00. The summed E-state index contributed by atoms with van der Waals surface area (Å²) in [6.07, 6.45) is -3.39. The monoisotopic (exact) mass is 418 g/mol. The van der Waals surface area contributed by atoms with Crippen LogP contribution in [0.3, 0.4) is 0 Å². The normalized spacial score (nSPS) is 17.2. The van der Waals surface area contributed by atoms with Crippen LogP contribution >= 0.6 is 0 Å². The Bertz CT molecular complexity index is 1010. The third-order valence-electron chi connectivity index (χ3n) is 5.68. The molecule has 0 spiro atoms. The van der Waals surface area contributed by atoms with Gasteiger partial charge in [0.25, 0.3) is 0 Å². The van der Waals surface area contributed by atoms with E-state index in [-0.39, 0.29) is 23.3 Å². The van der Waals surface area contributed by atoms with Gasteiger partial charge in [0.1, 0.15) is 11.9 Å². The number of alkyl halides is 3. The van der Waals surface area contributed by atoms with Gasteiger partial charge in [0.2, 0.25) is 5.95 Å². The van der Waals surface area contributed by atoms with Gasteiger partial charge in [-0.25, -0.2) is 4.98 Å². The average molecular weight is 418 g/mol. The van der Waals surface area contributed by atoms with Crippen molar-refractivity contribution in [2.45, 2.75) is 38.1 Å². The van der Waals surface area contributed by atoms with Crippen molar-refractivity contribution >= 4 is 10.9 Å². The van der Waals surface area contributed by atoms with E-state index in [1.807, 2.05) is 18.2 Å². The summed E-state index contributed by atoms with van der Waals surface area (Å²) in [4.78, 5) is 5.84. The van der Waals surface area contributed by atoms with E-state index in [9.17, 15) is 17.6 Å². The first-order valence-electron chi connectivity index (χ1n) is 9.95. The molecule has 0 amide bonds. The van der Waals surface area contributed by atoms with E-state index in [0.29, 0.717) is 12.8 Å². The number of nitrogens with zero attached hydrogens (tertiary/aromatic N) is 2. The molecular formula is C23H22F4N2O. The van der Waals surface area contributed by atoms with E-state index in [0.717, 1.165) is 25.2 Å². The van der Waals surface area contributed by atoms with E-state index >= 15 is 0 Å². The highest BCUT2D eigenvalue weighted by atomic mass is 19.4. The Balaban J connectivity index is 1.51. The minimum atomic E-state index is -4.61. The second-order valence-electron chi connectivity index (χ2n) is 7.58. The Morgan fingerprint density at radius 2 is 1.73 bits per heavy atom. The Hall–Kier alpha value is -2.67. The summed E-state index contributed by atoms with van der Waals surface area (Å²) in [7, 11) is 0. The largest absolute Gasteiger partial charge is 0.489 e. The summed E-state index contributed by atoms with van der Waals surface area (Å²) in [5, 5.41) is 0.173. The van der Waals surface area contributed by atoms with Crippen LogP contribution < -0.4 is 4.74 Å². The number of aromatic nitrogens is 1. The maximum Gasteiger partial charge on any atom is 0.418 e. The Labute approximate surface area is 172 Å². The summed E-state index contributed by atoms with van der Waals surface area (Å²) in [6, 6.07) is 15.2. The quantitative estimate of drug-likeness (QED) is 0.384. The van der Waals surface area contributed by atoms with E-state index in [1.54, 1.807) is 0 Å². The molecule has 1 aliphatic rings. The first-order chi connectivity index (χ1) is 14.3. The molecule has 3 aromatic rings. The van der Waals surface area contributed by atoms with Crippen molar-refractivity contribution in [1.29, 1.82) is 0 Å². The molecule has 0 aliphatic carbocycles. The van der Waals surface area contributed by atoms with Gasteiger partial charge >= 0.3 is 6.18 Å². The van der Waals surface area contributed by atoms with Gasteiger partial charge in [-0.1, -0.05) is 36.4 Å². The smallest absolute Gasteiger partial charge is 0.418 e. The number of rotatable bonds is 4. The maximum atomic E-state index is 14.0. The molecule has 1 saturated heterocycles. The molecular weight excluding hydrogens is 396 g/mol. The third kappa shape index (κ3) is 4.26. The molecule has 30 heavy (non-hydrogen) atoms. The molecule has 1 atom stereocenters. The number of pyridine rings is 1. The third-order valence-corrected chi connectivity index (χ3v) is 5.68. The van der Waals surface area contributed by atoms with Gasteiger partial charge in [-0.05, 0) is 37.5 Å². The van der Waals surface area contributed by atoms with Crippen molar-refractivity contribution in [3.63, 3.8) is 0 Å². The van der Waals surface area contributed by atoms with E-state index < -0.39 is 23.2 Å². The van der Waals surface area contributed by atoms with Crippen molar-refractivity contribution in [3.8, 4) is 5.75 Å². The number of halogens is 4. The number of para-hydroxylation sites is 1. The van der Waals surface area contributed by atoms with Crippen LogP contribution in [0.2, 0.25) is 0 Å². The van der Waals surface area contributed by atoms with Gasteiger partial charge < -0.3 is 4.74 Å². The van der Waals surface area contributed by atoms with Crippen LogP contribution in [0.4, 0.5) is 17.6 Å². The Morgan fingerprint density at radius 3 is 2.40 bits per heavy atom. The van der Waals surface area contributed by atoms with Crippen molar-refractivity contribution in [2.24, 2.45) is 0 Å². The van der Waals surface area contributed by atoms with Gasteiger partial charge in [-0.15, -0.1) is 0 Å². The lowest BCUT2D eigenvalue weighted by atomic mass is 10.0. The topological polar surface area (TPSA) is 25.4 Å². The lowest BCUT2D eigenvalue weighted by Gasteiger charge is -2.36. The van der Waals surface area contributed by atoms with Crippen molar-refractivity contribution in [2.75, 3.05) is 13.1 Å². The molecule has 1 aromatic heterocycles. The molecule has 158 valence electrons. The van der Waals surface area contributed by atoms with E-state index in [2.05, 4.69) is 28.9 Å². The van der Waals surface area contributed by atoms with Crippen molar-refractivity contribution < 1.29 is 22.3 Å². The molecule has 1 fully saturated rings. The summed E-state index contributed by atoms with van der Waals surface area (Å²) in [5.41, 5.74) is -0.148. The van der Waals surface area contributed by atoms with Crippen LogP contribution in [0.25, 0.3) is 10.9 Å². The molecule has 1 unspecified atom stereocenters. The van der Waals surface area contributed by atoms with Gasteiger partial charge in [0.05, 0.1) is 11.1 Å². The first kappa shape index (κ1) is 20.6. The highest BCUT2D eigenvalue weighted by Gasteiger charge is 2.34. The summed E-state index contributed by atoms with van der Waals surface area (Å²) >= 11 is 0. The molecule has 0 radical (unpaired) electrons. The molecule has 3 nitrogen and oxygen atoms in total. The SMILES string of the molecule is CC(c1ccccc1)N1CCC(Oc2cc(F)nc3c(C(F)(F)F)cccc23)CC1. The summed E-state index contributed by atoms with van der Waals surface area (Å²) in [5.74, 6) is -0.873. The fourth-order valence-corrected chi connectivity index (χ4v) is 4.02. The summed E-state index contributed by atoms with van der Waals surface area (Å²) in [6.45, 7) is 3.74. The van der Waals surface area contributed by atoms with Gasteiger partial charge in [0.15, 0.2) is 0 Å². The van der Waals surface area contributed by atoms with Crippen LogP contribution in [0.5, 0.6) is 5.75 Å². The fourth-order valence-electron chi connectivity index (χ4n) is 4.02. The van der Waals surface area contributed by atoms with Crippen LogP contribution in [-0.2, 0) is 6.18 Å². The molecule has 0 N–H and O–H groups in total. The van der Waals surface area contributed by atoms with E-state index in [4.69, 9.17) is 4.74 Å². The number of fused-ring (bicyclic) bond motifs is 1. The molecule has 0 saturated carbocycles. The number of hydrogen-bond acceptors (Lipinski definition) is 3. The molecule has 2 heterocycles. The van der Waals surface area contributed by atoms with Gasteiger partial charge in [0, 0.05) is 30.6 Å². The number of benzene rings is 2. The molecule has 0 bridgehead atoms. The number of piperidine rings is 1. The average Bonchev–Trinajstić information content (AvgIpc) is 2.73. The number of ether oxygens (including phenoxy) is 1. The standard InChI is InChI=1S/C23H22F4N2O/c1-15(16-6-3-2-4-7-16)29-12-10-17(11-13-29)30-20-14-21(24)28-22-18(20)8-5-9-19(22)23(25,26)27/h2-9,14-15,17H,10-13H2,1H3. The predicted molar refractivity (Wildman–Crippen MR) is 107 cm³/mol. The van der Waals surface area contributed by atoms with Gasteiger partial charge in [-0.2, -0.15) is 17.6 Å². The summed E-state index contributed by atoms with van der Waals surface area (Å²) < 4.78 is 59.9. The number of likely N-dealkylation sites (tertiary alicyclic amines) is 1. The Kier molecular flexibility index (Phi) is 5.64. The molecule has 2 aromatic carbocycles. The fraction of sp³-hybridized carbons (Fsp3) is 0.348.